The molecule has 1 aliphatic heterocycles. The summed E-state index contributed by atoms with van der Waals surface area (Å²) in [6.07, 6.45) is 0.744. The number of thiophene rings is 1. The first kappa shape index (κ1) is 16.9. The van der Waals surface area contributed by atoms with Gasteiger partial charge < -0.3 is 9.42 Å². The maximum absolute atomic E-state index is 12.8. The molecule has 4 heterocycles. The minimum absolute atomic E-state index is 0.0391. The summed E-state index contributed by atoms with van der Waals surface area (Å²) < 4.78 is 7.36. The predicted molar refractivity (Wildman–Crippen MR) is 105 cm³/mol. The number of aryl methyl sites for hydroxylation is 1. The van der Waals surface area contributed by atoms with Gasteiger partial charge in [-0.15, -0.1) is 0 Å². The first-order valence-corrected chi connectivity index (χ1v) is 9.90. The van der Waals surface area contributed by atoms with Gasteiger partial charge in [0, 0.05) is 42.2 Å². The van der Waals surface area contributed by atoms with Crippen molar-refractivity contribution < 1.29 is 9.32 Å². The van der Waals surface area contributed by atoms with Crippen molar-refractivity contribution in [3.63, 3.8) is 0 Å². The van der Waals surface area contributed by atoms with Crippen LogP contribution in [-0.2, 0) is 20.0 Å². The van der Waals surface area contributed by atoms with Gasteiger partial charge in [-0.1, -0.05) is 35.5 Å². The zero-order chi connectivity index (χ0) is 19.1. The molecule has 8 heteroatoms. The largest absolute Gasteiger partial charge is 0.334 e. The van der Waals surface area contributed by atoms with Crippen molar-refractivity contribution in [2.75, 3.05) is 6.54 Å². The van der Waals surface area contributed by atoms with Crippen LogP contribution in [0.5, 0.6) is 0 Å². The highest BCUT2D eigenvalue weighted by Crippen LogP contribution is 2.30. The summed E-state index contributed by atoms with van der Waals surface area (Å²) in [7, 11) is 1.91. The van der Waals surface area contributed by atoms with Crippen LogP contribution < -0.4 is 0 Å². The van der Waals surface area contributed by atoms with Gasteiger partial charge in [-0.05, 0) is 11.4 Å². The molecule has 0 aliphatic carbocycles. The number of amides is 1. The van der Waals surface area contributed by atoms with Gasteiger partial charge >= 0.3 is 0 Å². The molecule has 140 valence electrons. The second-order valence-electron chi connectivity index (χ2n) is 6.68. The smallest absolute Gasteiger partial charge is 0.279 e. The normalized spacial score (nSPS) is 13.5. The molecule has 0 N–H and O–H groups in total. The predicted octanol–water partition coefficient (Wildman–Crippen LogP) is 3.40. The average molecular weight is 391 g/mol. The first-order chi connectivity index (χ1) is 13.7. The lowest BCUT2D eigenvalue weighted by molar-refractivity contribution is 0.0734. The maximum Gasteiger partial charge on any atom is 0.279 e. The number of carbonyl (C=O) groups is 1. The fraction of sp³-hybridized carbons (Fsp3) is 0.200. The molecule has 0 atom stereocenters. The van der Waals surface area contributed by atoms with Crippen LogP contribution in [0.25, 0.3) is 23.0 Å². The third-order valence-corrected chi connectivity index (χ3v) is 5.64. The lowest BCUT2D eigenvalue weighted by Gasteiger charge is -2.27. The molecule has 1 aromatic carbocycles. The van der Waals surface area contributed by atoms with Gasteiger partial charge in [-0.2, -0.15) is 21.4 Å². The van der Waals surface area contributed by atoms with E-state index < -0.39 is 0 Å². The third-order valence-electron chi connectivity index (χ3n) is 4.96. The summed E-state index contributed by atoms with van der Waals surface area (Å²) in [4.78, 5) is 19.2. The van der Waals surface area contributed by atoms with Gasteiger partial charge in [-0.25, -0.2) is 0 Å². The molecule has 0 saturated heterocycles. The van der Waals surface area contributed by atoms with Crippen molar-refractivity contribution in [1.82, 2.24) is 24.8 Å². The number of hydrogen-bond donors (Lipinski definition) is 0. The molecule has 0 bridgehead atoms. The van der Waals surface area contributed by atoms with Crippen LogP contribution in [0.15, 0.2) is 51.7 Å². The Labute approximate surface area is 165 Å². The Bertz CT molecular complexity index is 1130. The molecule has 3 aromatic heterocycles. The summed E-state index contributed by atoms with van der Waals surface area (Å²) in [5.41, 5.74) is 4.33. The first-order valence-electron chi connectivity index (χ1n) is 8.96. The number of rotatable bonds is 3. The molecule has 0 radical (unpaired) electrons. The molecule has 4 aromatic rings. The van der Waals surface area contributed by atoms with Crippen LogP contribution in [0.1, 0.15) is 21.6 Å². The molecule has 0 unspecified atom stereocenters. The Morgan fingerprint density at radius 3 is 2.86 bits per heavy atom. The van der Waals surface area contributed by atoms with Crippen LogP contribution in [0.3, 0.4) is 0 Å². The fourth-order valence-electron chi connectivity index (χ4n) is 3.53. The van der Waals surface area contributed by atoms with E-state index in [9.17, 15) is 4.79 Å². The Kier molecular flexibility index (Phi) is 4.05. The quantitative estimate of drug-likeness (QED) is 0.535. The van der Waals surface area contributed by atoms with E-state index in [1.54, 1.807) is 0 Å². The molecule has 0 fully saturated rings. The molecule has 5 rings (SSSR count). The van der Waals surface area contributed by atoms with Crippen LogP contribution in [-0.4, -0.2) is 37.3 Å². The highest BCUT2D eigenvalue weighted by atomic mass is 32.1. The van der Waals surface area contributed by atoms with Crippen molar-refractivity contribution in [2.24, 2.45) is 7.05 Å². The minimum atomic E-state index is 0.0391. The van der Waals surface area contributed by atoms with E-state index in [0.717, 1.165) is 28.8 Å². The van der Waals surface area contributed by atoms with E-state index >= 15 is 0 Å². The van der Waals surface area contributed by atoms with Crippen molar-refractivity contribution in [3.05, 3.63) is 64.0 Å². The SMILES string of the molecule is Cn1nc(-c2nc(-c3ccccc3)no2)c2c1CCN(C(=O)c1ccsc1)C2. The van der Waals surface area contributed by atoms with E-state index in [-0.39, 0.29) is 5.91 Å². The summed E-state index contributed by atoms with van der Waals surface area (Å²) in [5.74, 6) is 0.940. The molecular formula is C20H17N5O2S. The Balaban J connectivity index is 1.49. The Morgan fingerprint density at radius 1 is 1.21 bits per heavy atom. The maximum atomic E-state index is 12.8. The standard InChI is InChI=1S/C20H17N5O2S/c1-24-16-7-9-25(20(26)14-8-10-28-12-14)11-15(16)17(22-24)19-21-18(23-27-19)13-5-3-2-4-6-13/h2-6,8,10,12H,7,9,11H2,1H3. The van der Waals surface area contributed by atoms with Crippen LogP contribution >= 0.6 is 11.3 Å². The number of nitrogens with zero attached hydrogens (tertiary/aromatic N) is 5. The highest BCUT2D eigenvalue weighted by molar-refractivity contribution is 7.08. The molecule has 7 nitrogen and oxygen atoms in total. The highest BCUT2D eigenvalue weighted by Gasteiger charge is 2.30. The zero-order valence-corrected chi connectivity index (χ0v) is 16.0. The second kappa shape index (κ2) is 6.72. The van der Waals surface area contributed by atoms with Gasteiger partial charge in [0.15, 0.2) is 5.69 Å². The van der Waals surface area contributed by atoms with Gasteiger partial charge in [0.25, 0.3) is 11.8 Å². The fourth-order valence-corrected chi connectivity index (χ4v) is 4.16. The van der Waals surface area contributed by atoms with E-state index in [1.165, 1.54) is 11.3 Å². The van der Waals surface area contributed by atoms with Crippen molar-refractivity contribution >= 4 is 17.2 Å². The molecule has 28 heavy (non-hydrogen) atoms. The van der Waals surface area contributed by atoms with E-state index in [0.29, 0.717) is 30.5 Å². The molecule has 1 aliphatic rings. The Hall–Kier alpha value is -3.26. The van der Waals surface area contributed by atoms with Crippen LogP contribution in [0.4, 0.5) is 0 Å². The summed E-state index contributed by atoms with van der Waals surface area (Å²) in [6, 6.07) is 11.5. The average Bonchev–Trinajstić information content (AvgIpc) is 3.48. The third kappa shape index (κ3) is 2.82. The van der Waals surface area contributed by atoms with Gasteiger partial charge in [0.1, 0.15) is 0 Å². The number of fused-ring (bicyclic) bond motifs is 1. The zero-order valence-electron chi connectivity index (χ0n) is 15.2. The van der Waals surface area contributed by atoms with Crippen molar-refractivity contribution in [1.29, 1.82) is 0 Å². The monoisotopic (exact) mass is 391 g/mol. The number of benzene rings is 1. The number of hydrogen-bond acceptors (Lipinski definition) is 6. The lowest BCUT2D eigenvalue weighted by Crippen LogP contribution is -2.36. The topological polar surface area (TPSA) is 77.1 Å². The van der Waals surface area contributed by atoms with Crippen LogP contribution in [0, 0.1) is 0 Å². The van der Waals surface area contributed by atoms with E-state index in [2.05, 4.69) is 15.2 Å². The van der Waals surface area contributed by atoms with E-state index in [4.69, 9.17) is 4.52 Å². The molecule has 1 amide bonds. The van der Waals surface area contributed by atoms with Gasteiger partial charge in [-0.3, -0.25) is 9.48 Å². The van der Waals surface area contributed by atoms with Crippen LogP contribution in [0.2, 0.25) is 0 Å². The Morgan fingerprint density at radius 2 is 2.07 bits per heavy atom. The molecular weight excluding hydrogens is 374 g/mol. The summed E-state index contributed by atoms with van der Waals surface area (Å²) in [5, 5.41) is 12.5. The van der Waals surface area contributed by atoms with Crippen molar-refractivity contribution in [2.45, 2.75) is 13.0 Å². The number of carbonyl (C=O) groups excluding carboxylic acids is 1. The summed E-state index contributed by atoms with van der Waals surface area (Å²) >= 11 is 1.53. The van der Waals surface area contributed by atoms with Gasteiger partial charge in [0.2, 0.25) is 5.82 Å². The molecule has 0 saturated carbocycles. The van der Waals surface area contributed by atoms with Crippen molar-refractivity contribution in [3.8, 4) is 23.0 Å². The molecule has 0 spiro atoms. The van der Waals surface area contributed by atoms with E-state index in [1.807, 2.05) is 63.8 Å². The number of aromatic nitrogens is 4. The lowest BCUT2D eigenvalue weighted by atomic mass is 10.0. The summed E-state index contributed by atoms with van der Waals surface area (Å²) in [6.45, 7) is 1.15. The second-order valence-corrected chi connectivity index (χ2v) is 7.46. The van der Waals surface area contributed by atoms with Gasteiger partial charge in [0.05, 0.1) is 12.1 Å². The minimum Gasteiger partial charge on any atom is -0.334 e.